The zero-order chi connectivity index (χ0) is 17.4. The Hall–Kier alpha value is -2.57. The summed E-state index contributed by atoms with van der Waals surface area (Å²) in [6.45, 7) is 0.606. The molecular formula is C19H18FN3O2. The molecule has 0 radical (unpaired) electrons. The number of hydrogen-bond acceptors (Lipinski definition) is 5. The summed E-state index contributed by atoms with van der Waals surface area (Å²) in [5, 5.41) is 21.9. The number of fused-ring (bicyclic) bond motifs is 1. The molecule has 6 heteroatoms. The van der Waals surface area contributed by atoms with Crippen LogP contribution in [0.5, 0.6) is 0 Å². The van der Waals surface area contributed by atoms with E-state index in [2.05, 4.69) is 9.97 Å². The predicted octanol–water partition coefficient (Wildman–Crippen LogP) is 2.23. The van der Waals surface area contributed by atoms with Crippen molar-refractivity contribution in [1.82, 2.24) is 9.97 Å². The van der Waals surface area contributed by atoms with E-state index in [1.54, 1.807) is 29.2 Å². The second kappa shape index (κ2) is 6.06. The molecule has 4 rings (SSSR count). The Labute approximate surface area is 144 Å². The number of anilines is 1. The molecule has 1 saturated heterocycles. The SMILES string of the molecule is O[C@H]1CN(c2ncnc3cccc(F)c23)CC[C@]1(O)c1ccccc1. The monoisotopic (exact) mass is 339 g/mol. The van der Waals surface area contributed by atoms with Gasteiger partial charge in [-0.3, -0.25) is 0 Å². The molecule has 3 aromatic rings. The van der Waals surface area contributed by atoms with E-state index in [1.165, 1.54) is 12.4 Å². The van der Waals surface area contributed by atoms with Crippen LogP contribution in [0, 0.1) is 5.82 Å². The van der Waals surface area contributed by atoms with Crippen molar-refractivity contribution in [2.45, 2.75) is 18.1 Å². The number of aliphatic hydroxyl groups excluding tert-OH is 1. The molecule has 1 aromatic heterocycles. The van der Waals surface area contributed by atoms with Crippen molar-refractivity contribution in [3.05, 3.63) is 66.2 Å². The standard InChI is InChI=1S/C19H18FN3O2/c20-14-7-4-8-15-17(14)18(22-12-21-15)23-10-9-19(25,16(24)11-23)13-5-2-1-3-6-13/h1-8,12,16,24-25H,9-11H2/t16-,19-/m0/s1. The Kier molecular flexibility index (Phi) is 3.86. The van der Waals surface area contributed by atoms with Gasteiger partial charge >= 0.3 is 0 Å². The van der Waals surface area contributed by atoms with E-state index in [4.69, 9.17) is 0 Å². The Balaban J connectivity index is 1.68. The number of hydrogen-bond donors (Lipinski definition) is 2. The summed E-state index contributed by atoms with van der Waals surface area (Å²) in [5.41, 5.74) is -0.122. The van der Waals surface area contributed by atoms with Gasteiger partial charge in [0.15, 0.2) is 0 Å². The van der Waals surface area contributed by atoms with E-state index in [9.17, 15) is 14.6 Å². The number of halogens is 1. The van der Waals surface area contributed by atoms with Crippen LogP contribution in [-0.4, -0.2) is 39.4 Å². The number of piperidine rings is 1. The third kappa shape index (κ3) is 2.63. The van der Waals surface area contributed by atoms with Crippen molar-refractivity contribution < 1.29 is 14.6 Å². The highest BCUT2D eigenvalue weighted by Crippen LogP contribution is 2.36. The Morgan fingerprint density at radius 2 is 1.88 bits per heavy atom. The molecule has 0 unspecified atom stereocenters. The first-order chi connectivity index (χ1) is 12.1. The van der Waals surface area contributed by atoms with Gasteiger partial charge in [0.1, 0.15) is 29.7 Å². The highest BCUT2D eigenvalue weighted by molar-refractivity contribution is 5.89. The maximum atomic E-state index is 14.3. The minimum atomic E-state index is -1.32. The lowest BCUT2D eigenvalue weighted by Gasteiger charge is -2.43. The van der Waals surface area contributed by atoms with Crippen LogP contribution in [0.2, 0.25) is 0 Å². The third-order valence-electron chi connectivity index (χ3n) is 4.87. The summed E-state index contributed by atoms with van der Waals surface area (Å²) in [4.78, 5) is 10.1. The largest absolute Gasteiger partial charge is 0.388 e. The summed E-state index contributed by atoms with van der Waals surface area (Å²) >= 11 is 0. The first-order valence-corrected chi connectivity index (χ1v) is 8.20. The van der Waals surface area contributed by atoms with Gasteiger partial charge < -0.3 is 15.1 Å². The number of β-amino-alcohol motifs (C(OH)–C–C–N with tert-alkyl or cyclic N) is 1. The van der Waals surface area contributed by atoms with Gasteiger partial charge in [-0.15, -0.1) is 0 Å². The van der Waals surface area contributed by atoms with Crippen LogP contribution >= 0.6 is 0 Å². The lowest BCUT2D eigenvalue weighted by molar-refractivity contribution is -0.0917. The summed E-state index contributed by atoms with van der Waals surface area (Å²) in [7, 11) is 0. The molecule has 2 atom stereocenters. The van der Waals surface area contributed by atoms with Crippen molar-refractivity contribution in [3.63, 3.8) is 0 Å². The smallest absolute Gasteiger partial charge is 0.142 e. The zero-order valence-corrected chi connectivity index (χ0v) is 13.5. The van der Waals surface area contributed by atoms with Crippen molar-refractivity contribution >= 4 is 16.7 Å². The molecule has 25 heavy (non-hydrogen) atoms. The highest BCUT2D eigenvalue weighted by atomic mass is 19.1. The minimum absolute atomic E-state index is 0.159. The number of rotatable bonds is 2. The molecule has 2 aromatic carbocycles. The van der Waals surface area contributed by atoms with Crippen LogP contribution in [0.25, 0.3) is 10.9 Å². The van der Waals surface area contributed by atoms with Crippen LogP contribution in [0.1, 0.15) is 12.0 Å². The fraction of sp³-hybridized carbons (Fsp3) is 0.263. The fourth-order valence-corrected chi connectivity index (χ4v) is 3.47. The van der Waals surface area contributed by atoms with Crippen molar-refractivity contribution in [2.75, 3.05) is 18.0 Å². The molecule has 2 heterocycles. The number of aliphatic hydroxyl groups is 2. The predicted molar refractivity (Wildman–Crippen MR) is 92.7 cm³/mol. The quantitative estimate of drug-likeness (QED) is 0.749. The molecular weight excluding hydrogens is 321 g/mol. The normalized spacial score (nSPS) is 23.8. The van der Waals surface area contributed by atoms with E-state index in [1.807, 2.05) is 18.2 Å². The van der Waals surface area contributed by atoms with Gasteiger partial charge in [-0.1, -0.05) is 36.4 Å². The van der Waals surface area contributed by atoms with Crippen LogP contribution in [-0.2, 0) is 5.60 Å². The van der Waals surface area contributed by atoms with Crippen molar-refractivity contribution in [3.8, 4) is 0 Å². The Bertz CT molecular complexity index is 900. The molecule has 5 nitrogen and oxygen atoms in total. The highest BCUT2D eigenvalue weighted by Gasteiger charge is 2.42. The molecule has 0 aliphatic carbocycles. The topological polar surface area (TPSA) is 69.5 Å². The summed E-state index contributed by atoms with van der Waals surface area (Å²) < 4.78 is 14.3. The van der Waals surface area contributed by atoms with Gasteiger partial charge in [0.05, 0.1) is 10.9 Å². The van der Waals surface area contributed by atoms with Gasteiger partial charge in [-0.2, -0.15) is 0 Å². The maximum Gasteiger partial charge on any atom is 0.142 e. The molecule has 128 valence electrons. The molecule has 0 bridgehead atoms. The van der Waals surface area contributed by atoms with E-state index >= 15 is 0 Å². The molecule has 2 N–H and O–H groups in total. The van der Waals surface area contributed by atoms with Crippen molar-refractivity contribution in [2.24, 2.45) is 0 Å². The van der Waals surface area contributed by atoms with Gasteiger partial charge in [0.25, 0.3) is 0 Å². The van der Waals surface area contributed by atoms with E-state index < -0.39 is 17.5 Å². The average Bonchev–Trinajstić information content (AvgIpc) is 2.64. The van der Waals surface area contributed by atoms with Crippen molar-refractivity contribution in [1.29, 1.82) is 0 Å². The average molecular weight is 339 g/mol. The van der Waals surface area contributed by atoms with Gasteiger partial charge in [-0.25, -0.2) is 14.4 Å². The molecule has 0 spiro atoms. The summed E-state index contributed by atoms with van der Waals surface area (Å²) in [5.74, 6) is 0.0451. The second-order valence-corrected chi connectivity index (χ2v) is 6.33. The summed E-state index contributed by atoms with van der Waals surface area (Å²) in [6.07, 6.45) is 0.694. The minimum Gasteiger partial charge on any atom is -0.388 e. The molecule has 1 fully saturated rings. The Morgan fingerprint density at radius 1 is 1.08 bits per heavy atom. The lowest BCUT2D eigenvalue weighted by atomic mass is 9.82. The molecule has 0 amide bonds. The molecule has 0 saturated carbocycles. The number of nitrogens with zero attached hydrogens (tertiary/aromatic N) is 3. The van der Waals surface area contributed by atoms with E-state index in [0.29, 0.717) is 35.2 Å². The van der Waals surface area contributed by atoms with E-state index in [-0.39, 0.29) is 6.54 Å². The molecule has 1 aliphatic rings. The lowest BCUT2D eigenvalue weighted by Crippen LogP contribution is -2.54. The van der Waals surface area contributed by atoms with Crippen LogP contribution in [0.3, 0.4) is 0 Å². The first-order valence-electron chi connectivity index (χ1n) is 8.20. The Morgan fingerprint density at radius 3 is 2.64 bits per heavy atom. The first kappa shape index (κ1) is 15.9. The third-order valence-corrected chi connectivity index (χ3v) is 4.87. The van der Waals surface area contributed by atoms with Gasteiger partial charge in [-0.05, 0) is 17.7 Å². The second-order valence-electron chi connectivity index (χ2n) is 6.33. The molecule has 1 aliphatic heterocycles. The number of aromatic nitrogens is 2. The summed E-state index contributed by atoms with van der Waals surface area (Å²) in [6, 6.07) is 13.8. The van der Waals surface area contributed by atoms with Crippen LogP contribution in [0.4, 0.5) is 10.2 Å². The van der Waals surface area contributed by atoms with Crippen LogP contribution in [0.15, 0.2) is 54.9 Å². The maximum absolute atomic E-state index is 14.3. The number of benzene rings is 2. The van der Waals surface area contributed by atoms with Crippen LogP contribution < -0.4 is 4.90 Å². The van der Waals surface area contributed by atoms with Gasteiger partial charge in [0.2, 0.25) is 0 Å². The fourth-order valence-electron chi connectivity index (χ4n) is 3.47. The zero-order valence-electron chi connectivity index (χ0n) is 13.5. The van der Waals surface area contributed by atoms with Gasteiger partial charge in [0, 0.05) is 19.5 Å². The van der Waals surface area contributed by atoms with E-state index in [0.717, 1.165) is 0 Å².